The van der Waals surface area contributed by atoms with Gasteiger partial charge in [-0.05, 0) is 23.8 Å². The summed E-state index contributed by atoms with van der Waals surface area (Å²) in [7, 11) is 0. The van der Waals surface area contributed by atoms with E-state index in [4.69, 9.17) is 16.3 Å². The predicted octanol–water partition coefficient (Wildman–Crippen LogP) is 3.73. The molecule has 1 fully saturated rings. The lowest BCUT2D eigenvalue weighted by Crippen LogP contribution is -2.47. The molecule has 1 amide bonds. The minimum Gasteiger partial charge on any atom is -0.374 e. The van der Waals surface area contributed by atoms with Crippen LogP contribution in [0.2, 0.25) is 5.02 Å². The van der Waals surface area contributed by atoms with E-state index in [9.17, 15) is 4.79 Å². The number of halogens is 2. The summed E-state index contributed by atoms with van der Waals surface area (Å²) in [5.41, 5.74) is 1.75. The third-order valence-electron chi connectivity index (χ3n) is 4.14. The van der Waals surface area contributed by atoms with Gasteiger partial charge in [-0.2, -0.15) is 0 Å². The van der Waals surface area contributed by atoms with E-state index in [0.29, 0.717) is 23.7 Å². The lowest BCUT2D eigenvalue weighted by Gasteiger charge is -2.33. The molecule has 2 aromatic rings. The van der Waals surface area contributed by atoms with Crippen LogP contribution in [0.25, 0.3) is 0 Å². The molecule has 1 aliphatic rings. The zero-order valence-corrected chi connectivity index (χ0v) is 16.1. The highest BCUT2D eigenvalue weighted by atomic mass is 79.9. The lowest BCUT2D eigenvalue weighted by molar-refractivity contribution is -0.0292. The number of amides is 1. The number of ether oxygens (including phenoxy) is 1. The highest BCUT2D eigenvalue weighted by Crippen LogP contribution is 2.21. The van der Waals surface area contributed by atoms with Crippen LogP contribution in [0.1, 0.15) is 15.9 Å². The monoisotopic (exact) mass is 422 g/mol. The van der Waals surface area contributed by atoms with Crippen molar-refractivity contribution >= 4 is 33.4 Å². The van der Waals surface area contributed by atoms with Crippen molar-refractivity contribution in [1.82, 2.24) is 10.2 Å². The summed E-state index contributed by atoms with van der Waals surface area (Å²) in [5.74, 6) is -0.185. The summed E-state index contributed by atoms with van der Waals surface area (Å²) in [6.07, 6.45) is -0.0210. The summed E-state index contributed by atoms with van der Waals surface area (Å²) < 4.78 is 6.61. The number of morpholine rings is 1. The van der Waals surface area contributed by atoms with Crippen molar-refractivity contribution in [1.29, 1.82) is 0 Å². The van der Waals surface area contributed by atoms with Crippen molar-refractivity contribution in [2.24, 2.45) is 0 Å². The molecule has 0 unspecified atom stereocenters. The normalized spacial score (nSPS) is 18.1. The van der Waals surface area contributed by atoms with Gasteiger partial charge in [0, 0.05) is 30.7 Å². The fraction of sp³-hybridized carbons (Fsp3) is 0.316. The van der Waals surface area contributed by atoms with Crippen molar-refractivity contribution in [3.05, 3.63) is 69.2 Å². The van der Waals surface area contributed by atoms with Gasteiger partial charge in [0.2, 0.25) is 0 Å². The van der Waals surface area contributed by atoms with Crippen LogP contribution in [0.5, 0.6) is 0 Å². The van der Waals surface area contributed by atoms with Crippen molar-refractivity contribution in [2.75, 3.05) is 26.2 Å². The molecule has 0 aliphatic carbocycles. The average molecular weight is 424 g/mol. The van der Waals surface area contributed by atoms with Gasteiger partial charge >= 0.3 is 0 Å². The molecule has 1 heterocycles. The number of hydrogen-bond donors (Lipinski definition) is 1. The maximum atomic E-state index is 12.3. The van der Waals surface area contributed by atoms with Crippen molar-refractivity contribution in [3.63, 3.8) is 0 Å². The van der Waals surface area contributed by atoms with Crippen LogP contribution in [0.3, 0.4) is 0 Å². The first-order chi connectivity index (χ1) is 12.1. The van der Waals surface area contributed by atoms with Gasteiger partial charge in [-0.3, -0.25) is 9.69 Å². The van der Waals surface area contributed by atoms with Gasteiger partial charge in [0.15, 0.2) is 0 Å². The van der Waals surface area contributed by atoms with E-state index in [1.807, 2.05) is 12.1 Å². The number of hydrogen-bond acceptors (Lipinski definition) is 3. The van der Waals surface area contributed by atoms with Crippen LogP contribution in [0.4, 0.5) is 0 Å². The molecular formula is C19H20BrClN2O2. The molecule has 0 spiro atoms. The van der Waals surface area contributed by atoms with Crippen LogP contribution in [0.15, 0.2) is 53.0 Å². The Morgan fingerprint density at radius 3 is 2.88 bits per heavy atom. The number of carbonyl (C=O) groups is 1. The third kappa shape index (κ3) is 5.28. The van der Waals surface area contributed by atoms with Crippen LogP contribution in [-0.4, -0.2) is 43.2 Å². The second-order valence-corrected chi connectivity index (χ2v) is 7.37. The van der Waals surface area contributed by atoms with Crippen molar-refractivity contribution < 1.29 is 9.53 Å². The first-order valence-corrected chi connectivity index (χ1v) is 9.40. The molecule has 1 N–H and O–H groups in total. The van der Waals surface area contributed by atoms with Gasteiger partial charge in [0.25, 0.3) is 5.91 Å². The minimum atomic E-state index is -0.185. The van der Waals surface area contributed by atoms with E-state index in [-0.39, 0.29) is 12.0 Å². The number of rotatable bonds is 5. The van der Waals surface area contributed by atoms with Gasteiger partial charge in [-0.1, -0.05) is 57.9 Å². The molecule has 1 saturated heterocycles. The maximum Gasteiger partial charge on any atom is 0.252 e. The second kappa shape index (κ2) is 8.81. The Morgan fingerprint density at radius 2 is 2.08 bits per heavy atom. The molecule has 0 aromatic heterocycles. The van der Waals surface area contributed by atoms with E-state index in [1.165, 1.54) is 5.56 Å². The van der Waals surface area contributed by atoms with E-state index in [1.54, 1.807) is 12.1 Å². The summed E-state index contributed by atoms with van der Waals surface area (Å²) in [6, 6.07) is 15.6. The van der Waals surface area contributed by atoms with Gasteiger partial charge in [0.05, 0.1) is 23.3 Å². The van der Waals surface area contributed by atoms with Gasteiger partial charge in [0.1, 0.15) is 0 Å². The Kier molecular flexibility index (Phi) is 6.48. The molecule has 3 rings (SSSR count). The topological polar surface area (TPSA) is 41.6 Å². The first kappa shape index (κ1) is 18.4. The highest BCUT2D eigenvalue weighted by Gasteiger charge is 2.21. The van der Waals surface area contributed by atoms with Crippen LogP contribution < -0.4 is 5.32 Å². The summed E-state index contributed by atoms with van der Waals surface area (Å²) >= 11 is 9.47. The van der Waals surface area contributed by atoms with Gasteiger partial charge in [-0.15, -0.1) is 0 Å². The molecule has 6 heteroatoms. The fourth-order valence-electron chi connectivity index (χ4n) is 2.86. The molecule has 0 radical (unpaired) electrons. The standard InChI is InChI=1S/C19H20BrClN2O2/c20-15-6-7-18(21)17(10-15)19(24)22-11-16-13-23(8-9-25-16)12-14-4-2-1-3-5-14/h1-7,10,16H,8-9,11-13H2,(H,22,24)/t16-/m1/s1. The molecule has 4 nitrogen and oxygen atoms in total. The Labute approximate surface area is 161 Å². The summed E-state index contributed by atoms with van der Waals surface area (Å²) in [5, 5.41) is 3.37. The number of nitrogens with one attached hydrogen (secondary N) is 1. The molecule has 1 aliphatic heterocycles. The van der Waals surface area contributed by atoms with E-state index in [2.05, 4.69) is 50.4 Å². The van der Waals surface area contributed by atoms with Crippen LogP contribution in [-0.2, 0) is 11.3 Å². The molecular weight excluding hydrogens is 404 g/mol. The Bertz CT molecular complexity index is 727. The Hall–Kier alpha value is -1.40. The highest BCUT2D eigenvalue weighted by molar-refractivity contribution is 9.10. The average Bonchev–Trinajstić information content (AvgIpc) is 2.63. The quantitative estimate of drug-likeness (QED) is 0.797. The van der Waals surface area contributed by atoms with E-state index < -0.39 is 0 Å². The number of carbonyl (C=O) groups excluding carboxylic acids is 1. The summed E-state index contributed by atoms with van der Waals surface area (Å²) in [4.78, 5) is 14.7. The number of benzene rings is 2. The molecule has 0 bridgehead atoms. The number of nitrogens with zero attached hydrogens (tertiary/aromatic N) is 1. The van der Waals surface area contributed by atoms with E-state index >= 15 is 0 Å². The molecule has 132 valence electrons. The first-order valence-electron chi connectivity index (χ1n) is 8.23. The van der Waals surface area contributed by atoms with Crippen molar-refractivity contribution in [2.45, 2.75) is 12.6 Å². The molecule has 1 atom stereocenters. The Balaban J connectivity index is 1.52. The van der Waals surface area contributed by atoms with E-state index in [0.717, 1.165) is 24.1 Å². The third-order valence-corrected chi connectivity index (χ3v) is 4.96. The summed E-state index contributed by atoms with van der Waals surface area (Å²) in [6.45, 7) is 3.72. The van der Waals surface area contributed by atoms with Gasteiger partial charge < -0.3 is 10.1 Å². The molecule has 2 aromatic carbocycles. The second-order valence-electron chi connectivity index (χ2n) is 6.05. The lowest BCUT2D eigenvalue weighted by atomic mass is 10.2. The molecule has 0 saturated carbocycles. The fourth-order valence-corrected chi connectivity index (χ4v) is 3.43. The van der Waals surface area contributed by atoms with Gasteiger partial charge in [-0.25, -0.2) is 0 Å². The largest absolute Gasteiger partial charge is 0.374 e. The zero-order valence-electron chi connectivity index (χ0n) is 13.8. The van der Waals surface area contributed by atoms with Crippen LogP contribution in [0, 0.1) is 0 Å². The smallest absolute Gasteiger partial charge is 0.252 e. The SMILES string of the molecule is O=C(NC[C@@H]1CN(Cc2ccccc2)CCO1)c1cc(Br)ccc1Cl. The van der Waals surface area contributed by atoms with Crippen LogP contribution >= 0.6 is 27.5 Å². The molecule has 25 heavy (non-hydrogen) atoms. The Morgan fingerprint density at radius 1 is 1.28 bits per heavy atom. The minimum absolute atomic E-state index is 0.0210. The maximum absolute atomic E-state index is 12.3. The van der Waals surface area contributed by atoms with Crippen molar-refractivity contribution in [3.8, 4) is 0 Å². The zero-order chi connectivity index (χ0) is 17.6. The predicted molar refractivity (Wildman–Crippen MR) is 103 cm³/mol.